The first-order valence-corrected chi connectivity index (χ1v) is 3.18. The molecule has 0 aliphatic rings. The first-order valence-electron chi connectivity index (χ1n) is 3.18. The highest BCUT2D eigenvalue weighted by Crippen LogP contribution is 1.95. The Kier molecular flexibility index (Phi) is 1.06. The maximum absolute atomic E-state index is 11.1. The van der Waals surface area contributed by atoms with Crippen LogP contribution in [-0.2, 0) is 0 Å². The Morgan fingerprint density at radius 3 is 3.18 bits per heavy atom. The number of aromatic nitrogens is 4. The SMILES string of the molecule is Cc1cc(=O)n2[nH]nnc2c1. The summed E-state index contributed by atoms with van der Waals surface area (Å²) < 4.78 is 1.28. The van der Waals surface area contributed by atoms with Crippen LogP contribution < -0.4 is 5.56 Å². The van der Waals surface area contributed by atoms with Gasteiger partial charge in [0.05, 0.1) is 0 Å². The van der Waals surface area contributed by atoms with Crippen LogP contribution in [0.1, 0.15) is 5.56 Å². The molecule has 0 unspecified atom stereocenters. The van der Waals surface area contributed by atoms with Crippen LogP contribution in [0.15, 0.2) is 16.9 Å². The predicted molar refractivity (Wildman–Crippen MR) is 38.3 cm³/mol. The highest BCUT2D eigenvalue weighted by atomic mass is 16.1. The second-order valence-corrected chi connectivity index (χ2v) is 2.36. The third kappa shape index (κ3) is 0.813. The molecule has 0 atom stereocenters. The van der Waals surface area contributed by atoms with Crippen molar-refractivity contribution >= 4 is 5.65 Å². The van der Waals surface area contributed by atoms with Crippen LogP contribution in [0.2, 0.25) is 0 Å². The topological polar surface area (TPSA) is 63.0 Å². The molecule has 0 aromatic carbocycles. The molecular formula is C6H6N4O. The average Bonchev–Trinajstić information content (AvgIpc) is 2.34. The molecule has 56 valence electrons. The van der Waals surface area contributed by atoms with Gasteiger partial charge in [-0.1, -0.05) is 5.21 Å². The Hall–Kier alpha value is -1.65. The summed E-state index contributed by atoms with van der Waals surface area (Å²) in [4.78, 5) is 11.1. The van der Waals surface area contributed by atoms with Crippen LogP contribution in [0.4, 0.5) is 0 Å². The van der Waals surface area contributed by atoms with Gasteiger partial charge in [0.1, 0.15) is 0 Å². The zero-order chi connectivity index (χ0) is 7.84. The molecule has 1 N–H and O–H groups in total. The lowest BCUT2D eigenvalue weighted by atomic mass is 10.3. The fourth-order valence-corrected chi connectivity index (χ4v) is 0.974. The summed E-state index contributed by atoms with van der Waals surface area (Å²) in [6.45, 7) is 1.84. The molecule has 2 rings (SSSR count). The highest BCUT2D eigenvalue weighted by Gasteiger charge is 1.98. The minimum atomic E-state index is -0.134. The number of aromatic amines is 1. The van der Waals surface area contributed by atoms with Gasteiger partial charge in [-0.25, -0.2) is 0 Å². The quantitative estimate of drug-likeness (QED) is 0.562. The lowest BCUT2D eigenvalue weighted by molar-refractivity contribution is 0.803. The Morgan fingerprint density at radius 2 is 2.36 bits per heavy atom. The van der Waals surface area contributed by atoms with E-state index in [1.807, 2.05) is 6.92 Å². The van der Waals surface area contributed by atoms with Gasteiger partial charge < -0.3 is 0 Å². The average molecular weight is 150 g/mol. The van der Waals surface area contributed by atoms with Crippen molar-refractivity contribution in [1.82, 2.24) is 20.0 Å². The van der Waals surface area contributed by atoms with Crippen LogP contribution in [0.5, 0.6) is 0 Å². The van der Waals surface area contributed by atoms with E-state index in [1.54, 1.807) is 6.07 Å². The summed E-state index contributed by atoms with van der Waals surface area (Å²) >= 11 is 0. The number of fused-ring (bicyclic) bond motifs is 1. The first-order chi connectivity index (χ1) is 5.27. The molecule has 5 heteroatoms. The molecule has 0 saturated heterocycles. The number of pyridine rings is 1. The van der Waals surface area contributed by atoms with E-state index in [0.717, 1.165) is 5.56 Å². The van der Waals surface area contributed by atoms with Crippen LogP contribution in [0.25, 0.3) is 5.65 Å². The molecule has 0 amide bonds. The van der Waals surface area contributed by atoms with Gasteiger partial charge in [0.2, 0.25) is 0 Å². The van der Waals surface area contributed by atoms with E-state index in [-0.39, 0.29) is 5.56 Å². The van der Waals surface area contributed by atoms with Gasteiger partial charge in [0.15, 0.2) is 5.65 Å². The maximum atomic E-state index is 11.1. The largest absolute Gasteiger partial charge is 0.272 e. The fourth-order valence-electron chi connectivity index (χ4n) is 0.974. The van der Waals surface area contributed by atoms with E-state index >= 15 is 0 Å². The van der Waals surface area contributed by atoms with Crippen LogP contribution in [0.3, 0.4) is 0 Å². The summed E-state index contributed by atoms with van der Waals surface area (Å²) in [6.07, 6.45) is 0. The van der Waals surface area contributed by atoms with E-state index in [1.165, 1.54) is 10.6 Å². The summed E-state index contributed by atoms with van der Waals surface area (Å²) in [5.74, 6) is 0. The van der Waals surface area contributed by atoms with Gasteiger partial charge in [0, 0.05) is 6.07 Å². The third-order valence-corrected chi connectivity index (χ3v) is 1.45. The highest BCUT2D eigenvalue weighted by molar-refractivity contribution is 5.37. The van der Waals surface area contributed by atoms with Crippen LogP contribution in [0, 0.1) is 6.92 Å². The van der Waals surface area contributed by atoms with Crippen molar-refractivity contribution in [3.8, 4) is 0 Å². The monoisotopic (exact) mass is 150 g/mol. The molecule has 0 radical (unpaired) electrons. The summed E-state index contributed by atoms with van der Waals surface area (Å²) in [7, 11) is 0. The minimum absolute atomic E-state index is 0.134. The van der Waals surface area contributed by atoms with E-state index in [0.29, 0.717) is 5.65 Å². The number of hydrogen-bond acceptors (Lipinski definition) is 3. The molecular weight excluding hydrogens is 144 g/mol. The van der Waals surface area contributed by atoms with Gasteiger partial charge in [-0.15, -0.1) is 5.10 Å². The van der Waals surface area contributed by atoms with Gasteiger partial charge in [-0.2, -0.15) is 9.73 Å². The number of aryl methyl sites for hydroxylation is 1. The number of H-pyrrole nitrogens is 1. The molecule has 2 heterocycles. The maximum Gasteiger partial charge on any atom is 0.272 e. The summed E-state index contributed by atoms with van der Waals surface area (Å²) in [5, 5.41) is 9.65. The molecule has 0 bridgehead atoms. The van der Waals surface area contributed by atoms with Crippen molar-refractivity contribution in [2.24, 2.45) is 0 Å². The van der Waals surface area contributed by atoms with Crippen molar-refractivity contribution in [3.63, 3.8) is 0 Å². The fraction of sp³-hybridized carbons (Fsp3) is 0.167. The molecule has 0 fully saturated rings. The Morgan fingerprint density at radius 1 is 1.55 bits per heavy atom. The molecule has 11 heavy (non-hydrogen) atoms. The van der Waals surface area contributed by atoms with Crippen molar-refractivity contribution in [1.29, 1.82) is 0 Å². The van der Waals surface area contributed by atoms with Crippen molar-refractivity contribution in [2.75, 3.05) is 0 Å². The van der Waals surface area contributed by atoms with Gasteiger partial charge in [-0.3, -0.25) is 4.79 Å². The molecule has 0 saturated carbocycles. The molecule has 0 aliphatic heterocycles. The van der Waals surface area contributed by atoms with Gasteiger partial charge in [-0.05, 0) is 18.6 Å². The number of rotatable bonds is 0. The standard InChI is InChI=1S/C6H6N4O/c1-4-2-5-7-8-9-10(5)6(11)3-4/h2-3H,1H3,(H,7,9). The number of tetrazole rings is 1. The smallest absolute Gasteiger partial charge is 0.267 e. The van der Waals surface area contributed by atoms with Crippen molar-refractivity contribution in [3.05, 3.63) is 28.0 Å². The minimum Gasteiger partial charge on any atom is -0.267 e. The van der Waals surface area contributed by atoms with E-state index < -0.39 is 0 Å². The van der Waals surface area contributed by atoms with Crippen molar-refractivity contribution in [2.45, 2.75) is 6.92 Å². The number of nitrogens with zero attached hydrogens (tertiary/aromatic N) is 3. The molecule has 2 aromatic heterocycles. The Bertz CT molecular complexity index is 441. The summed E-state index contributed by atoms with van der Waals surface area (Å²) in [5.41, 5.74) is 1.31. The van der Waals surface area contributed by atoms with Crippen LogP contribution in [-0.4, -0.2) is 20.0 Å². The molecule has 2 aromatic rings. The molecule has 0 aliphatic carbocycles. The predicted octanol–water partition coefficient (Wildman–Crippen LogP) is -0.274. The zero-order valence-corrected chi connectivity index (χ0v) is 5.90. The second kappa shape index (κ2) is 1.91. The van der Waals surface area contributed by atoms with E-state index in [4.69, 9.17) is 0 Å². The normalized spacial score (nSPS) is 10.6. The number of nitrogens with one attached hydrogen (secondary N) is 1. The zero-order valence-electron chi connectivity index (χ0n) is 5.90. The van der Waals surface area contributed by atoms with Gasteiger partial charge in [0.25, 0.3) is 5.56 Å². The Balaban J connectivity index is 3.02. The van der Waals surface area contributed by atoms with Crippen molar-refractivity contribution < 1.29 is 0 Å². The number of hydrogen-bond donors (Lipinski definition) is 1. The third-order valence-electron chi connectivity index (χ3n) is 1.45. The van der Waals surface area contributed by atoms with Crippen LogP contribution >= 0.6 is 0 Å². The molecule has 0 spiro atoms. The van der Waals surface area contributed by atoms with E-state index in [9.17, 15) is 4.79 Å². The summed E-state index contributed by atoms with van der Waals surface area (Å²) in [6, 6.07) is 3.30. The Labute approximate surface area is 61.6 Å². The first kappa shape index (κ1) is 6.09. The lowest BCUT2D eigenvalue weighted by Gasteiger charge is -1.89. The van der Waals surface area contributed by atoms with E-state index in [2.05, 4.69) is 15.5 Å². The second-order valence-electron chi connectivity index (χ2n) is 2.36. The lowest BCUT2D eigenvalue weighted by Crippen LogP contribution is -2.12. The van der Waals surface area contributed by atoms with Gasteiger partial charge >= 0.3 is 0 Å². The molecule has 5 nitrogen and oxygen atoms in total.